The highest BCUT2D eigenvalue weighted by molar-refractivity contribution is 5.95. The van der Waals surface area contributed by atoms with Crippen LogP contribution in [0.1, 0.15) is 44.4 Å². The predicted molar refractivity (Wildman–Crippen MR) is 137 cm³/mol. The topological polar surface area (TPSA) is 78.4 Å². The fraction of sp³-hybridized carbons (Fsp3) is 0.321. The maximum atomic E-state index is 6.25. The summed E-state index contributed by atoms with van der Waals surface area (Å²) < 4.78 is 17.1. The number of rotatable bonds is 6. The van der Waals surface area contributed by atoms with Crippen LogP contribution < -0.4 is 19.5 Å². The Hall–Kier alpha value is -3.87. The van der Waals surface area contributed by atoms with Gasteiger partial charge in [0.2, 0.25) is 0 Å². The zero-order valence-electron chi connectivity index (χ0n) is 20.8. The summed E-state index contributed by atoms with van der Waals surface area (Å²) in [6, 6.07) is 14.4. The first-order valence-corrected chi connectivity index (χ1v) is 11.8. The highest BCUT2D eigenvalue weighted by atomic mass is 16.5. The van der Waals surface area contributed by atoms with Crippen LogP contribution in [0.15, 0.2) is 54.9 Å². The summed E-state index contributed by atoms with van der Waals surface area (Å²) in [5.41, 5.74) is 4.82. The molecule has 0 aliphatic carbocycles. The van der Waals surface area contributed by atoms with Crippen molar-refractivity contribution in [2.45, 2.75) is 45.3 Å². The van der Waals surface area contributed by atoms with Crippen molar-refractivity contribution in [1.29, 1.82) is 0 Å². The van der Waals surface area contributed by atoms with E-state index in [9.17, 15) is 0 Å². The van der Waals surface area contributed by atoms with E-state index in [1.807, 2.05) is 24.4 Å². The maximum Gasteiger partial charge on any atom is 0.162 e. The summed E-state index contributed by atoms with van der Waals surface area (Å²) in [6.07, 6.45) is 5.45. The number of aromatic nitrogens is 3. The first kappa shape index (κ1) is 22.9. The van der Waals surface area contributed by atoms with Crippen molar-refractivity contribution in [3.63, 3.8) is 0 Å². The lowest BCUT2D eigenvalue weighted by Crippen LogP contribution is -2.37. The Morgan fingerprint density at radius 1 is 1.03 bits per heavy atom. The number of hydrogen-bond donors (Lipinski definition) is 1. The van der Waals surface area contributed by atoms with Gasteiger partial charge in [-0.2, -0.15) is 10.2 Å². The zero-order valence-corrected chi connectivity index (χ0v) is 20.8. The Balaban J connectivity index is 1.46. The standard InChI is InChI=1S/C28H30N4O3/c1-6-17-7-9-24-20(11-17)23(14-28(2,3)35-24)31-27-10-8-18(15-29-27)21-16-30-32-22-13-26(34-5)25(33-4)12-19(21)22/h7-13,15-16,23H,6,14H2,1-5H3,(H,29,31)/t23-/m0/s1. The molecule has 0 radical (unpaired) electrons. The van der Waals surface area contributed by atoms with Crippen molar-refractivity contribution in [2.24, 2.45) is 0 Å². The molecule has 2 aromatic heterocycles. The van der Waals surface area contributed by atoms with Crippen LogP contribution in [0.4, 0.5) is 5.82 Å². The van der Waals surface area contributed by atoms with Crippen LogP contribution in [0.25, 0.3) is 22.0 Å². The highest BCUT2D eigenvalue weighted by Gasteiger charge is 2.34. The van der Waals surface area contributed by atoms with Gasteiger partial charge in [0.05, 0.1) is 32.0 Å². The van der Waals surface area contributed by atoms with E-state index >= 15 is 0 Å². The number of benzene rings is 2. The Bertz CT molecular complexity index is 1370. The number of aryl methyl sites for hydroxylation is 1. The fourth-order valence-electron chi connectivity index (χ4n) is 4.68. The Morgan fingerprint density at radius 3 is 2.54 bits per heavy atom. The Morgan fingerprint density at radius 2 is 1.83 bits per heavy atom. The van der Waals surface area contributed by atoms with Gasteiger partial charge >= 0.3 is 0 Å². The average Bonchev–Trinajstić information content (AvgIpc) is 2.87. The summed E-state index contributed by atoms with van der Waals surface area (Å²) in [6.45, 7) is 6.42. The lowest BCUT2D eigenvalue weighted by molar-refractivity contribution is 0.0758. The monoisotopic (exact) mass is 470 g/mol. The van der Waals surface area contributed by atoms with Gasteiger partial charge in [-0.05, 0) is 50.1 Å². The third kappa shape index (κ3) is 4.46. The van der Waals surface area contributed by atoms with E-state index in [2.05, 4.69) is 60.6 Å². The molecule has 7 nitrogen and oxygen atoms in total. The number of fused-ring (bicyclic) bond motifs is 2. The van der Waals surface area contributed by atoms with Crippen molar-refractivity contribution in [2.75, 3.05) is 19.5 Å². The molecular formula is C28H30N4O3. The van der Waals surface area contributed by atoms with E-state index in [0.717, 1.165) is 46.4 Å². The van der Waals surface area contributed by atoms with Crippen molar-refractivity contribution >= 4 is 16.7 Å². The average molecular weight is 471 g/mol. The minimum atomic E-state index is -0.264. The molecule has 35 heavy (non-hydrogen) atoms. The molecule has 1 aliphatic heterocycles. The van der Waals surface area contributed by atoms with E-state index in [1.54, 1.807) is 20.4 Å². The van der Waals surface area contributed by atoms with E-state index in [4.69, 9.17) is 19.2 Å². The van der Waals surface area contributed by atoms with Gasteiger partial charge in [-0.15, -0.1) is 0 Å². The van der Waals surface area contributed by atoms with Gasteiger partial charge in [0.15, 0.2) is 11.5 Å². The van der Waals surface area contributed by atoms with Crippen molar-refractivity contribution in [3.8, 4) is 28.4 Å². The smallest absolute Gasteiger partial charge is 0.162 e. The number of ether oxygens (including phenoxy) is 3. The quantitative estimate of drug-likeness (QED) is 0.371. The SMILES string of the molecule is CCc1ccc2c(c1)[C@@H](Nc1ccc(-c3cnnc4cc(OC)c(OC)cc34)cn1)CC(C)(C)O2. The van der Waals surface area contributed by atoms with Crippen LogP contribution in [0.2, 0.25) is 0 Å². The number of hydrogen-bond acceptors (Lipinski definition) is 7. The van der Waals surface area contributed by atoms with Gasteiger partial charge < -0.3 is 19.5 Å². The molecule has 3 heterocycles. The molecule has 1 N–H and O–H groups in total. The molecule has 1 aliphatic rings. The predicted octanol–water partition coefficient (Wildman–Crippen LogP) is 5.99. The van der Waals surface area contributed by atoms with Crippen molar-refractivity contribution in [1.82, 2.24) is 15.2 Å². The minimum absolute atomic E-state index is 0.110. The van der Waals surface area contributed by atoms with Gasteiger partial charge in [-0.1, -0.05) is 19.1 Å². The molecule has 4 aromatic rings. The molecule has 180 valence electrons. The highest BCUT2D eigenvalue weighted by Crippen LogP contribution is 2.42. The molecule has 0 unspecified atom stereocenters. The minimum Gasteiger partial charge on any atom is -0.493 e. The molecule has 5 rings (SSSR count). The Kier molecular flexibility index (Phi) is 5.93. The molecule has 2 aromatic carbocycles. The summed E-state index contributed by atoms with van der Waals surface area (Å²) in [5.74, 6) is 3.02. The van der Waals surface area contributed by atoms with E-state index in [0.29, 0.717) is 11.5 Å². The summed E-state index contributed by atoms with van der Waals surface area (Å²) in [7, 11) is 3.23. The largest absolute Gasteiger partial charge is 0.493 e. The van der Waals surface area contributed by atoms with Crippen LogP contribution in [-0.4, -0.2) is 35.0 Å². The summed E-state index contributed by atoms with van der Waals surface area (Å²) in [4.78, 5) is 4.74. The molecule has 1 atom stereocenters. The van der Waals surface area contributed by atoms with Crippen LogP contribution >= 0.6 is 0 Å². The second-order valence-corrected chi connectivity index (χ2v) is 9.40. The summed E-state index contributed by atoms with van der Waals surface area (Å²) in [5, 5.41) is 13.0. The number of nitrogens with one attached hydrogen (secondary N) is 1. The Labute approximate surface area is 205 Å². The van der Waals surface area contributed by atoms with Crippen molar-refractivity contribution < 1.29 is 14.2 Å². The van der Waals surface area contributed by atoms with Crippen molar-refractivity contribution in [3.05, 3.63) is 66.0 Å². The molecule has 0 fully saturated rings. The normalized spacial score (nSPS) is 16.3. The molecule has 0 amide bonds. The van der Waals surface area contributed by atoms with Crippen LogP contribution in [0.5, 0.6) is 17.2 Å². The van der Waals surface area contributed by atoms with Gasteiger partial charge in [-0.3, -0.25) is 0 Å². The molecular weight excluding hydrogens is 440 g/mol. The molecule has 0 saturated heterocycles. The second kappa shape index (κ2) is 9.06. The number of methoxy groups -OCH3 is 2. The first-order chi connectivity index (χ1) is 16.9. The fourth-order valence-corrected chi connectivity index (χ4v) is 4.68. The molecule has 0 saturated carbocycles. The third-order valence-electron chi connectivity index (χ3n) is 6.48. The lowest BCUT2D eigenvalue weighted by atomic mass is 9.88. The number of anilines is 1. The van der Waals surface area contributed by atoms with Crippen LogP contribution in [0.3, 0.4) is 0 Å². The third-order valence-corrected chi connectivity index (χ3v) is 6.48. The molecule has 0 bridgehead atoms. The molecule has 7 heteroatoms. The van der Waals surface area contributed by atoms with Gasteiger partial charge in [0, 0.05) is 40.8 Å². The van der Waals surface area contributed by atoms with Gasteiger partial charge in [0.25, 0.3) is 0 Å². The summed E-state index contributed by atoms with van der Waals surface area (Å²) >= 11 is 0. The second-order valence-electron chi connectivity index (χ2n) is 9.40. The first-order valence-electron chi connectivity index (χ1n) is 11.8. The van der Waals surface area contributed by atoms with E-state index in [1.165, 1.54) is 11.1 Å². The van der Waals surface area contributed by atoms with Gasteiger partial charge in [-0.25, -0.2) is 4.98 Å². The zero-order chi connectivity index (χ0) is 24.6. The van der Waals surface area contributed by atoms with Gasteiger partial charge in [0.1, 0.15) is 17.2 Å². The van der Waals surface area contributed by atoms with E-state index in [-0.39, 0.29) is 11.6 Å². The van der Waals surface area contributed by atoms with Crippen LogP contribution in [0, 0.1) is 0 Å². The maximum absolute atomic E-state index is 6.25. The lowest BCUT2D eigenvalue weighted by Gasteiger charge is -2.38. The molecule has 0 spiro atoms. The van der Waals surface area contributed by atoms with Crippen LogP contribution in [-0.2, 0) is 6.42 Å². The number of nitrogens with zero attached hydrogens (tertiary/aromatic N) is 3. The number of pyridine rings is 1. The van der Waals surface area contributed by atoms with E-state index < -0.39 is 0 Å².